The maximum Gasteiger partial charge on any atom is 0.343 e. The molecule has 6 heteroatoms. The van der Waals surface area contributed by atoms with E-state index in [4.69, 9.17) is 0 Å². The maximum absolute atomic E-state index is 13.2. The normalized spacial score (nSPS) is 11.1. The molecule has 0 aliphatic carbocycles. The van der Waals surface area contributed by atoms with Gasteiger partial charge in [0.15, 0.2) is 0 Å². The molecule has 0 bridgehead atoms. The molecular formula is C25H21N3O3. The average Bonchev–Trinajstić information content (AvgIpc) is 2.81. The van der Waals surface area contributed by atoms with E-state index < -0.39 is 17.1 Å². The molecule has 154 valence electrons. The molecule has 1 N–H and O–H groups in total. The van der Waals surface area contributed by atoms with E-state index >= 15 is 0 Å². The molecule has 31 heavy (non-hydrogen) atoms. The van der Waals surface area contributed by atoms with Crippen LogP contribution in [0.25, 0.3) is 11.4 Å². The highest BCUT2D eigenvalue weighted by molar-refractivity contribution is 5.84. The van der Waals surface area contributed by atoms with Crippen LogP contribution in [-0.4, -0.2) is 20.5 Å². The van der Waals surface area contributed by atoms with Gasteiger partial charge in [0.25, 0.3) is 5.56 Å². The van der Waals surface area contributed by atoms with Crippen LogP contribution in [0.15, 0.2) is 99.5 Å². The van der Waals surface area contributed by atoms with E-state index in [2.05, 4.69) is 11.9 Å². The molecule has 0 aliphatic rings. The van der Waals surface area contributed by atoms with Gasteiger partial charge in [-0.1, -0.05) is 55.5 Å². The van der Waals surface area contributed by atoms with Crippen molar-refractivity contribution < 1.29 is 5.11 Å². The van der Waals surface area contributed by atoms with Gasteiger partial charge in [0.1, 0.15) is 5.56 Å². The second-order valence-corrected chi connectivity index (χ2v) is 6.95. The Morgan fingerprint density at radius 2 is 1.35 bits per heavy atom. The number of benzene rings is 3. The monoisotopic (exact) mass is 411 g/mol. The van der Waals surface area contributed by atoms with E-state index in [1.807, 2.05) is 24.3 Å². The molecule has 3 aromatic carbocycles. The first-order valence-corrected chi connectivity index (χ1v) is 9.95. The lowest BCUT2D eigenvalue weighted by Crippen LogP contribution is -2.40. The summed E-state index contributed by atoms with van der Waals surface area (Å²) in [5.41, 5.74) is 1.28. The number of aliphatic imine (C=N–C) groups is 1. The van der Waals surface area contributed by atoms with E-state index in [0.29, 0.717) is 17.1 Å². The summed E-state index contributed by atoms with van der Waals surface area (Å²) in [5, 5.41) is 10.9. The van der Waals surface area contributed by atoms with Crippen LogP contribution in [-0.2, 0) is 6.42 Å². The molecule has 0 unspecified atom stereocenters. The maximum atomic E-state index is 13.2. The minimum absolute atomic E-state index is 0.0770. The van der Waals surface area contributed by atoms with Crippen LogP contribution in [0, 0.1) is 0 Å². The smallest absolute Gasteiger partial charge is 0.343 e. The van der Waals surface area contributed by atoms with Gasteiger partial charge in [0.05, 0.1) is 17.1 Å². The Balaban J connectivity index is 1.95. The van der Waals surface area contributed by atoms with Crippen LogP contribution in [0.1, 0.15) is 18.1 Å². The minimum Gasteiger partial charge on any atom is -0.493 e. The molecule has 0 amide bonds. The topological polar surface area (TPSA) is 76.6 Å². The van der Waals surface area contributed by atoms with Crippen LogP contribution in [0.5, 0.6) is 5.88 Å². The molecule has 0 saturated heterocycles. The van der Waals surface area contributed by atoms with Crippen molar-refractivity contribution >= 4 is 11.9 Å². The second-order valence-electron chi connectivity index (χ2n) is 6.95. The van der Waals surface area contributed by atoms with Gasteiger partial charge in [-0.15, -0.1) is 0 Å². The number of hydrogen-bond donors (Lipinski definition) is 1. The Bertz CT molecular complexity index is 1340. The number of hydrogen-bond acceptors (Lipinski definition) is 4. The Morgan fingerprint density at radius 3 is 1.90 bits per heavy atom. The third kappa shape index (κ3) is 3.96. The number of rotatable bonds is 5. The lowest BCUT2D eigenvalue weighted by Gasteiger charge is -2.14. The highest BCUT2D eigenvalue weighted by atomic mass is 16.3. The minimum atomic E-state index is -0.663. The van der Waals surface area contributed by atoms with Gasteiger partial charge in [-0.2, -0.15) is 0 Å². The van der Waals surface area contributed by atoms with Crippen LogP contribution < -0.4 is 11.2 Å². The number of para-hydroxylation sites is 2. The van der Waals surface area contributed by atoms with Crippen molar-refractivity contribution in [2.24, 2.45) is 4.99 Å². The van der Waals surface area contributed by atoms with E-state index in [-0.39, 0.29) is 5.56 Å². The van der Waals surface area contributed by atoms with Gasteiger partial charge in [0, 0.05) is 6.21 Å². The summed E-state index contributed by atoms with van der Waals surface area (Å²) in [6.07, 6.45) is 2.21. The van der Waals surface area contributed by atoms with Gasteiger partial charge in [-0.05, 0) is 48.4 Å². The van der Waals surface area contributed by atoms with Crippen molar-refractivity contribution in [1.82, 2.24) is 9.13 Å². The van der Waals surface area contributed by atoms with Gasteiger partial charge < -0.3 is 5.11 Å². The lowest BCUT2D eigenvalue weighted by atomic mass is 10.1. The Hall–Kier alpha value is -4.19. The summed E-state index contributed by atoms with van der Waals surface area (Å²) >= 11 is 0. The van der Waals surface area contributed by atoms with Crippen LogP contribution in [0.4, 0.5) is 5.69 Å². The van der Waals surface area contributed by atoms with Crippen molar-refractivity contribution in [1.29, 1.82) is 0 Å². The van der Waals surface area contributed by atoms with Crippen LogP contribution in [0.3, 0.4) is 0 Å². The average molecular weight is 411 g/mol. The molecule has 6 nitrogen and oxygen atoms in total. The summed E-state index contributed by atoms with van der Waals surface area (Å²) in [6.45, 7) is 2.06. The van der Waals surface area contributed by atoms with Crippen LogP contribution >= 0.6 is 0 Å². The quantitative estimate of drug-likeness (QED) is 0.504. The zero-order valence-electron chi connectivity index (χ0n) is 17.0. The Kier molecular flexibility index (Phi) is 5.62. The highest BCUT2D eigenvalue weighted by Crippen LogP contribution is 2.18. The van der Waals surface area contributed by atoms with Crippen molar-refractivity contribution in [3.8, 4) is 17.3 Å². The fourth-order valence-electron chi connectivity index (χ4n) is 3.30. The first kappa shape index (κ1) is 20.1. The summed E-state index contributed by atoms with van der Waals surface area (Å²) < 4.78 is 2.14. The zero-order valence-corrected chi connectivity index (χ0v) is 17.0. The largest absolute Gasteiger partial charge is 0.493 e. The molecule has 4 aromatic rings. The molecule has 0 spiro atoms. The number of aromatic hydroxyl groups is 1. The molecule has 0 saturated carbocycles. The van der Waals surface area contributed by atoms with Crippen molar-refractivity contribution in [3.63, 3.8) is 0 Å². The summed E-state index contributed by atoms with van der Waals surface area (Å²) in [7, 11) is 0. The van der Waals surface area contributed by atoms with Crippen LogP contribution in [0.2, 0.25) is 0 Å². The fraction of sp³-hybridized carbons (Fsp3) is 0.0800. The first-order chi connectivity index (χ1) is 15.1. The molecule has 0 atom stereocenters. The number of nitrogens with zero attached hydrogens (tertiary/aromatic N) is 3. The Labute approximate surface area is 179 Å². The molecule has 1 heterocycles. The van der Waals surface area contributed by atoms with Gasteiger partial charge in [-0.25, -0.2) is 13.9 Å². The highest BCUT2D eigenvalue weighted by Gasteiger charge is 2.19. The van der Waals surface area contributed by atoms with E-state index in [1.165, 1.54) is 11.8 Å². The third-order valence-corrected chi connectivity index (χ3v) is 4.98. The third-order valence-electron chi connectivity index (χ3n) is 4.98. The van der Waals surface area contributed by atoms with Crippen molar-refractivity contribution in [3.05, 3.63) is 117 Å². The molecule has 4 rings (SSSR count). The second kappa shape index (κ2) is 8.67. The SMILES string of the molecule is CCc1ccc(N=Cc2c(O)n(-c3ccccc3)c(=O)n(-c3ccccc3)c2=O)cc1. The van der Waals surface area contributed by atoms with Gasteiger partial charge in [-0.3, -0.25) is 9.79 Å². The zero-order chi connectivity index (χ0) is 21.8. The number of aryl methyl sites for hydroxylation is 1. The fourth-order valence-corrected chi connectivity index (χ4v) is 3.30. The summed E-state index contributed by atoms with van der Waals surface area (Å²) in [5.74, 6) is -0.456. The number of aromatic nitrogens is 2. The van der Waals surface area contributed by atoms with Gasteiger partial charge >= 0.3 is 5.69 Å². The molecule has 0 aliphatic heterocycles. The Morgan fingerprint density at radius 1 is 0.806 bits per heavy atom. The molecule has 0 fully saturated rings. The van der Waals surface area contributed by atoms with Crippen molar-refractivity contribution in [2.75, 3.05) is 0 Å². The standard InChI is InChI=1S/C25H21N3O3/c1-2-18-13-15-19(16-14-18)26-17-22-23(29)27(20-9-5-3-6-10-20)25(31)28(24(22)30)21-11-7-4-8-12-21/h3-17,29H,2H2,1H3. The predicted octanol–water partition coefficient (Wildman–Crippen LogP) is 4.01. The summed E-state index contributed by atoms with van der Waals surface area (Å²) in [4.78, 5) is 30.8. The van der Waals surface area contributed by atoms with E-state index in [0.717, 1.165) is 15.6 Å². The molecule has 0 radical (unpaired) electrons. The van der Waals surface area contributed by atoms with E-state index in [1.54, 1.807) is 60.7 Å². The van der Waals surface area contributed by atoms with E-state index in [9.17, 15) is 14.7 Å². The summed E-state index contributed by atoms with van der Waals surface area (Å²) in [6, 6.07) is 24.9. The predicted molar refractivity (Wildman–Crippen MR) is 122 cm³/mol. The van der Waals surface area contributed by atoms with Crippen molar-refractivity contribution in [2.45, 2.75) is 13.3 Å². The first-order valence-electron chi connectivity index (χ1n) is 9.95. The lowest BCUT2D eigenvalue weighted by molar-refractivity contribution is 0.427. The van der Waals surface area contributed by atoms with Gasteiger partial charge in [0.2, 0.25) is 5.88 Å². The molecule has 1 aromatic heterocycles. The molecular weight excluding hydrogens is 390 g/mol.